The number of ether oxygens (including phenoxy) is 1. The second kappa shape index (κ2) is 8.21. The molecule has 145 valence electrons. The van der Waals surface area contributed by atoms with Gasteiger partial charge in [0.1, 0.15) is 5.60 Å². The molecule has 0 aliphatic carbocycles. The minimum absolute atomic E-state index is 0. The van der Waals surface area contributed by atoms with Crippen molar-refractivity contribution in [2.45, 2.75) is 45.6 Å². The standard InChI is InChI=1S/C22H29N3O2.Na/c1-21(2,3)27-20(26)25-13-9-22(16-25)7-11-24(12-8-22)19-5-4-18-15-23-10-6-17(18)14-19;/h4-6,10,14-15H,7-9,11-13,16H2,1-3H3;. The molecule has 3 heterocycles. The Hall–Kier alpha value is -1.30. The summed E-state index contributed by atoms with van der Waals surface area (Å²) in [5, 5.41) is 2.42. The van der Waals surface area contributed by atoms with Gasteiger partial charge in [0.15, 0.2) is 0 Å². The molecule has 2 fully saturated rings. The quantitative estimate of drug-likeness (QED) is 0.689. The molecule has 0 bridgehead atoms. The first kappa shape index (κ1) is 21.4. The first-order chi connectivity index (χ1) is 12.8. The van der Waals surface area contributed by atoms with Crippen LogP contribution < -0.4 is 4.90 Å². The van der Waals surface area contributed by atoms with Crippen molar-refractivity contribution >= 4 is 52.1 Å². The predicted molar refractivity (Wildman–Crippen MR) is 114 cm³/mol. The van der Waals surface area contributed by atoms with E-state index in [4.69, 9.17) is 4.74 Å². The number of aromatic nitrogens is 1. The maximum atomic E-state index is 12.4. The number of amides is 1. The molecule has 0 saturated carbocycles. The largest absolute Gasteiger partial charge is 0.444 e. The minimum atomic E-state index is -0.429. The van der Waals surface area contributed by atoms with Crippen LogP contribution in [0.4, 0.5) is 10.5 Å². The molecule has 2 aliphatic heterocycles. The van der Waals surface area contributed by atoms with E-state index < -0.39 is 5.60 Å². The number of anilines is 1. The van der Waals surface area contributed by atoms with Gasteiger partial charge in [-0.15, -0.1) is 0 Å². The van der Waals surface area contributed by atoms with Crippen LogP contribution in [-0.2, 0) is 4.74 Å². The Morgan fingerprint density at radius 1 is 1.07 bits per heavy atom. The van der Waals surface area contributed by atoms with E-state index in [9.17, 15) is 4.79 Å². The number of carbonyl (C=O) groups excluding carboxylic acids is 1. The van der Waals surface area contributed by atoms with Gasteiger partial charge < -0.3 is 14.5 Å². The first-order valence-electron chi connectivity index (χ1n) is 9.90. The molecule has 1 spiro atoms. The van der Waals surface area contributed by atoms with Gasteiger partial charge in [-0.1, -0.05) is 6.07 Å². The Morgan fingerprint density at radius 3 is 2.50 bits per heavy atom. The third kappa shape index (κ3) is 4.64. The average molecular weight is 390 g/mol. The molecule has 0 N–H and O–H groups in total. The normalized spacial score (nSPS) is 19.0. The van der Waals surface area contributed by atoms with Crippen LogP contribution in [0.25, 0.3) is 10.8 Å². The Kier molecular flexibility index (Phi) is 6.28. The number of likely N-dealkylation sites (tertiary alicyclic amines) is 1. The SMILES string of the molecule is CC(C)(C)OC(=O)N1CCC2(CCN(c3ccc4cnccc4c3)CC2)C1.[Na]. The number of hydrogen-bond donors (Lipinski definition) is 0. The van der Waals surface area contributed by atoms with Crippen LogP contribution in [0.2, 0.25) is 0 Å². The number of rotatable bonds is 1. The molecule has 2 saturated heterocycles. The summed E-state index contributed by atoms with van der Waals surface area (Å²) in [7, 11) is 0. The maximum absolute atomic E-state index is 12.4. The minimum Gasteiger partial charge on any atom is -0.444 e. The Balaban J connectivity index is 0.00000225. The van der Waals surface area contributed by atoms with E-state index in [0.29, 0.717) is 0 Å². The summed E-state index contributed by atoms with van der Waals surface area (Å²) in [5.74, 6) is 0. The summed E-state index contributed by atoms with van der Waals surface area (Å²) in [6.45, 7) is 9.51. The molecule has 6 heteroatoms. The molecule has 5 nitrogen and oxygen atoms in total. The van der Waals surface area contributed by atoms with Gasteiger partial charge in [-0.05, 0) is 69.0 Å². The zero-order valence-corrected chi connectivity index (χ0v) is 19.6. The molecular formula is C22H29N3NaO2. The summed E-state index contributed by atoms with van der Waals surface area (Å²) in [6.07, 6.45) is 6.94. The third-order valence-corrected chi connectivity index (χ3v) is 5.90. The van der Waals surface area contributed by atoms with E-state index in [1.807, 2.05) is 38.1 Å². The van der Waals surface area contributed by atoms with Crippen LogP contribution in [0.3, 0.4) is 0 Å². The molecule has 1 aromatic carbocycles. The zero-order chi connectivity index (χ0) is 19.1. The van der Waals surface area contributed by atoms with Crippen molar-refractivity contribution < 1.29 is 9.53 Å². The van der Waals surface area contributed by atoms with Crippen molar-refractivity contribution in [2.75, 3.05) is 31.1 Å². The van der Waals surface area contributed by atoms with E-state index in [0.717, 1.165) is 45.4 Å². The molecule has 1 radical (unpaired) electrons. The predicted octanol–water partition coefficient (Wildman–Crippen LogP) is 4.08. The molecule has 28 heavy (non-hydrogen) atoms. The van der Waals surface area contributed by atoms with E-state index in [1.54, 1.807) is 0 Å². The number of pyridine rings is 1. The van der Waals surface area contributed by atoms with Crippen LogP contribution in [0.5, 0.6) is 0 Å². The number of hydrogen-bond acceptors (Lipinski definition) is 4. The second-order valence-electron chi connectivity index (χ2n) is 9.05. The molecule has 1 amide bonds. The van der Waals surface area contributed by atoms with Crippen molar-refractivity contribution in [1.29, 1.82) is 0 Å². The van der Waals surface area contributed by atoms with Crippen molar-refractivity contribution in [2.24, 2.45) is 5.41 Å². The zero-order valence-electron chi connectivity index (χ0n) is 17.6. The fourth-order valence-corrected chi connectivity index (χ4v) is 4.33. The first-order valence-corrected chi connectivity index (χ1v) is 9.90. The molecule has 1 aromatic heterocycles. The van der Waals surface area contributed by atoms with Gasteiger partial charge in [0.05, 0.1) is 0 Å². The number of carbonyl (C=O) groups is 1. The summed E-state index contributed by atoms with van der Waals surface area (Å²) in [5.41, 5.74) is 1.11. The fraction of sp³-hybridized carbons (Fsp3) is 0.545. The third-order valence-electron chi connectivity index (χ3n) is 5.90. The van der Waals surface area contributed by atoms with Crippen molar-refractivity contribution in [3.63, 3.8) is 0 Å². The van der Waals surface area contributed by atoms with E-state index >= 15 is 0 Å². The topological polar surface area (TPSA) is 45.7 Å². The van der Waals surface area contributed by atoms with Gasteiger partial charge in [-0.3, -0.25) is 4.98 Å². The van der Waals surface area contributed by atoms with Crippen molar-refractivity contribution in [3.8, 4) is 0 Å². The second-order valence-corrected chi connectivity index (χ2v) is 9.05. The summed E-state index contributed by atoms with van der Waals surface area (Å²) in [4.78, 5) is 21.0. The number of piperidine rings is 1. The van der Waals surface area contributed by atoms with Gasteiger partial charge in [-0.25, -0.2) is 4.79 Å². The fourth-order valence-electron chi connectivity index (χ4n) is 4.33. The van der Waals surface area contributed by atoms with Crippen LogP contribution in [0.15, 0.2) is 36.7 Å². The van der Waals surface area contributed by atoms with Crippen LogP contribution in [0, 0.1) is 5.41 Å². The molecule has 2 aliphatic rings. The Morgan fingerprint density at radius 2 is 1.79 bits per heavy atom. The monoisotopic (exact) mass is 390 g/mol. The van der Waals surface area contributed by atoms with Gasteiger partial charge in [0.2, 0.25) is 0 Å². The van der Waals surface area contributed by atoms with Crippen LogP contribution in [-0.4, -0.2) is 77.3 Å². The molecule has 4 rings (SSSR count). The molecule has 0 unspecified atom stereocenters. The molecule has 2 aromatic rings. The van der Waals surface area contributed by atoms with Crippen LogP contribution in [0.1, 0.15) is 40.0 Å². The van der Waals surface area contributed by atoms with E-state index in [2.05, 4.69) is 34.1 Å². The number of benzene rings is 1. The summed E-state index contributed by atoms with van der Waals surface area (Å²) in [6, 6.07) is 8.68. The van der Waals surface area contributed by atoms with Crippen molar-refractivity contribution in [3.05, 3.63) is 36.7 Å². The summed E-state index contributed by atoms with van der Waals surface area (Å²) < 4.78 is 5.56. The Labute approximate surface area is 189 Å². The summed E-state index contributed by atoms with van der Waals surface area (Å²) >= 11 is 0. The molecule has 0 atom stereocenters. The number of fused-ring (bicyclic) bond motifs is 1. The van der Waals surface area contributed by atoms with E-state index in [1.165, 1.54) is 16.5 Å². The Bertz CT molecular complexity index is 841. The van der Waals surface area contributed by atoms with Crippen LogP contribution >= 0.6 is 0 Å². The van der Waals surface area contributed by atoms with Gasteiger partial charge >= 0.3 is 6.09 Å². The maximum Gasteiger partial charge on any atom is 0.410 e. The average Bonchev–Trinajstić information content (AvgIpc) is 3.04. The van der Waals surface area contributed by atoms with Crippen molar-refractivity contribution in [1.82, 2.24) is 9.88 Å². The smallest absolute Gasteiger partial charge is 0.410 e. The molecular weight excluding hydrogens is 361 g/mol. The number of nitrogens with zero attached hydrogens (tertiary/aromatic N) is 3. The van der Waals surface area contributed by atoms with Gasteiger partial charge in [0.25, 0.3) is 0 Å². The van der Waals surface area contributed by atoms with E-state index in [-0.39, 0.29) is 41.1 Å². The van der Waals surface area contributed by atoms with Gasteiger partial charge in [0, 0.05) is 79.2 Å². The van der Waals surface area contributed by atoms with Gasteiger partial charge in [-0.2, -0.15) is 0 Å².